The van der Waals surface area contributed by atoms with Gasteiger partial charge in [0.15, 0.2) is 0 Å². The van der Waals surface area contributed by atoms with Crippen LogP contribution in [-0.4, -0.2) is 9.52 Å². The van der Waals surface area contributed by atoms with Crippen LogP contribution in [0.15, 0.2) is 35.5 Å². The Hall–Kier alpha value is -1.08. The van der Waals surface area contributed by atoms with Gasteiger partial charge < -0.3 is 0 Å². The van der Waals surface area contributed by atoms with E-state index < -0.39 is 0 Å². The molecule has 0 saturated carbocycles. The van der Waals surface area contributed by atoms with Crippen molar-refractivity contribution in [1.82, 2.24) is 0 Å². The van der Waals surface area contributed by atoms with Crippen molar-refractivity contribution in [3.05, 3.63) is 46.7 Å². The van der Waals surface area contributed by atoms with Gasteiger partial charge in [-0.1, -0.05) is 46.8 Å². The maximum atomic E-state index is 2.31. The van der Waals surface area contributed by atoms with Gasteiger partial charge >= 0.3 is 0 Å². The van der Waals surface area contributed by atoms with Gasteiger partial charge in [-0.05, 0) is 25.0 Å². The van der Waals surface area contributed by atoms with E-state index in [1.54, 1.807) is 0 Å². The van der Waals surface area contributed by atoms with Crippen molar-refractivity contribution < 1.29 is 0 Å². The fourth-order valence-electron chi connectivity index (χ4n) is 1.37. The molecular formula is C12H12Si. The molecule has 0 spiro atoms. The SMILES string of the molecule is CC(C)=C[Si]C1=Cc2ccccc21. The fourth-order valence-corrected chi connectivity index (χ4v) is 2.43. The van der Waals surface area contributed by atoms with Gasteiger partial charge in [-0.3, -0.25) is 0 Å². The summed E-state index contributed by atoms with van der Waals surface area (Å²) in [6, 6.07) is 8.58. The number of hydrogen-bond donors (Lipinski definition) is 0. The molecule has 0 amide bonds. The standard InChI is InChI=1S/C12H12Si/c1-9(2)8-13-12-7-10-5-3-4-6-11(10)12/h3-8H,1-2H3. The minimum absolute atomic E-state index is 0.839. The molecule has 1 heteroatoms. The van der Waals surface area contributed by atoms with Gasteiger partial charge in [0, 0.05) is 0 Å². The van der Waals surface area contributed by atoms with Crippen molar-refractivity contribution in [2.45, 2.75) is 13.8 Å². The molecule has 0 aliphatic heterocycles. The number of fused-ring (bicyclic) bond motifs is 1. The molecule has 0 fully saturated rings. The van der Waals surface area contributed by atoms with Crippen molar-refractivity contribution in [3.8, 4) is 0 Å². The first kappa shape index (κ1) is 8.51. The predicted octanol–water partition coefficient (Wildman–Crippen LogP) is 3.13. The summed E-state index contributed by atoms with van der Waals surface area (Å²) in [7, 11) is 0.839. The summed E-state index contributed by atoms with van der Waals surface area (Å²) in [5.74, 6) is 0. The van der Waals surface area contributed by atoms with Crippen LogP contribution in [0.4, 0.5) is 0 Å². The Morgan fingerprint density at radius 2 is 2.00 bits per heavy atom. The largest absolute Gasteiger partial charge is 0.112 e. The first-order valence-corrected chi connectivity index (χ1v) is 5.56. The quantitative estimate of drug-likeness (QED) is 0.619. The predicted molar refractivity (Wildman–Crippen MR) is 59.5 cm³/mol. The van der Waals surface area contributed by atoms with Gasteiger partial charge in [0.2, 0.25) is 0 Å². The monoisotopic (exact) mass is 184 g/mol. The van der Waals surface area contributed by atoms with Crippen LogP contribution in [-0.2, 0) is 0 Å². The Labute approximate surface area is 81.8 Å². The summed E-state index contributed by atoms with van der Waals surface area (Å²) in [4.78, 5) is 0. The third-order valence-electron chi connectivity index (χ3n) is 2.07. The lowest BCUT2D eigenvalue weighted by Gasteiger charge is -2.18. The summed E-state index contributed by atoms with van der Waals surface area (Å²) in [5.41, 5.74) is 6.55. The molecule has 0 bridgehead atoms. The summed E-state index contributed by atoms with van der Waals surface area (Å²) in [6.07, 6.45) is 2.28. The van der Waals surface area contributed by atoms with Gasteiger partial charge in [-0.2, -0.15) is 0 Å². The number of benzene rings is 1. The molecule has 13 heavy (non-hydrogen) atoms. The molecule has 2 radical (unpaired) electrons. The number of rotatable bonds is 2. The van der Waals surface area contributed by atoms with Crippen molar-refractivity contribution in [3.63, 3.8) is 0 Å². The third-order valence-corrected chi connectivity index (χ3v) is 3.51. The summed E-state index contributed by atoms with van der Waals surface area (Å²) in [6.45, 7) is 4.30. The van der Waals surface area contributed by atoms with E-state index in [1.165, 1.54) is 21.9 Å². The molecule has 1 aromatic rings. The summed E-state index contributed by atoms with van der Waals surface area (Å²) in [5, 5.41) is 1.50. The van der Waals surface area contributed by atoms with E-state index in [4.69, 9.17) is 0 Å². The van der Waals surface area contributed by atoms with Crippen LogP contribution in [0, 0.1) is 0 Å². The van der Waals surface area contributed by atoms with E-state index in [0.717, 1.165) is 9.52 Å². The van der Waals surface area contributed by atoms with Gasteiger partial charge in [0.05, 0.1) is 0 Å². The van der Waals surface area contributed by atoms with E-state index in [0.29, 0.717) is 0 Å². The molecule has 0 atom stereocenters. The van der Waals surface area contributed by atoms with Crippen LogP contribution in [0.5, 0.6) is 0 Å². The Morgan fingerprint density at radius 3 is 2.69 bits per heavy atom. The lowest BCUT2D eigenvalue weighted by Crippen LogP contribution is -2.03. The van der Waals surface area contributed by atoms with E-state index in [1.807, 2.05) is 0 Å². The second kappa shape index (κ2) is 3.34. The van der Waals surface area contributed by atoms with E-state index >= 15 is 0 Å². The van der Waals surface area contributed by atoms with Gasteiger partial charge in [0.25, 0.3) is 0 Å². The van der Waals surface area contributed by atoms with Crippen molar-refractivity contribution >= 4 is 20.8 Å². The fraction of sp³-hybridized carbons (Fsp3) is 0.167. The smallest absolute Gasteiger partial charge is 0.0946 e. The van der Waals surface area contributed by atoms with E-state index in [9.17, 15) is 0 Å². The molecule has 1 aromatic carbocycles. The van der Waals surface area contributed by atoms with Crippen LogP contribution in [0.25, 0.3) is 11.3 Å². The number of allylic oxidation sites excluding steroid dienone is 1. The van der Waals surface area contributed by atoms with E-state index in [2.05, 4.69) is 49.9 Å². The van der Waals surface area contributed by atoms with Gasteiger partial charge in [-0.25, -0.2) is 0 Å². The summed E-state index contributed by atoms with van der Waals surface area (Å²) < 4.78 is 0. The second-order valence-electron chi connectivity index (χ2n) is 3.51. The molecule has 0 unspecified atom stereocenters. The molecule has 0 heterocycles. The minimum atomic E-state index is 0.839. The van der Waals surface area contributed by atoms with Gasteiger partial charge in [-0.15, -0.1) is 0 Å². The maximum absolute atomic E-state index is 2.31. The highest BCUT2D eigenvalue weighted by molar-refractivity contribution is 6.68. The molecule has 0 N–H and O–H groups in total. The first-order chi connectivity index (χ1) is 6.27. The van der Waals surface area contributed by atoms with Crippen molar-refractivity contribution in [2.75, 3.05) is 0 Å². The lowest BCUT2D eigenvalue weighted by atomic mass is 9.98. The molecule has 0 nitrogen and oxygen atoms in total. The zero-order valence-electron chi connectivity index (χ0n) is 7.96. The average Bonchev–Trinajstić information content (AvgIpc) is 2.06. The molecular weight excluding hydrogens is 172 g/mol. The highest BCUT2D eigenvalue weighted by Gasteiger charge is 2.13. The molecule has 1 aliphatic rings. The maximum Gasteiger partial charge on any atom is 0.112 e. The Balaban J connectivity index is 2.12. The molecule has 1 aliphatic carbocycles. The van der Waals surface area contributed by atoms with Crippen molar-refractivity contribution in [1.29, 1.82) is 0 Å². The Kier molecular flexibility index (Phi) is 2.19. The zero-order chi connectivity index (χ0) is 9.26. The molecule has 0 aromatic heterocycles. The van der Waals surface area contributed by atoms with Gasteiger partial charge in [0.1, 0.15) is 9.52 Å². The molecule has 64 valence electrons. The van der Waals surface area contributed by atoms with Crippen LogP contribution >= 0.6 is 0 Å². The second-order valence-corrected chi connectivity index (χ2v) is 4.63. The Bertz CT molecular complexity index is 382. The van der Waals surface area contributed by atoms with Crippen molar-refractivity contribution in [2.24, 2.45) is 0 Å². The number of hydrogen-bond acceptors (Lipinski definition) is 0. The topological polar surface area (TPSA) is 0 Å². The van der Waals surface area contributed by atoms with E-state index in [-0.39, 0.29) is 0 Å². The Morgan fingerprint density at radius 1 is 1.23 bits per heavy atom. The molecule has 2 rings (SSSR count). The van der Waals surface area contributed by atoms with Crippen LogP contribution < -0.4 is 0 Å². The lowest BCUT2D eigenvalue weighted by molar-refractivity contribution is 1.41. The molecule has 0 saturated heterocycles. The minimum Gasteiger partial charge on any atom is -0.0946 e. The summed E-state index contributed by atoms with van der Waals surface area (Å²) >= 11 is 0. The van der Waals surface area contributed by atoms with Crippen LogP contribution in [0.2, 0.25) is 0 Å². The highest BCUT2D eigenvalue weighted by atomic mass is 28.2. The third kappa shape index (κ3) is 1.65. The van der Waals surface area contributed by atoms with Crippen LogP contribution in [0.1, 0.15) is 25.0 Å². The first-order valence-electron chi connectivity index (χ1n) is 4.48. The zero-order valence-corrected chi connectivity index (χ0v) is 8.96. The van der Waals surface area contributed by atoms with Crippen LogP contribution in [0.3, 0.4) is 0 Å². The normalized spacial score (nSPS) is 12.6. The average molecular weight is 184 g/mol. The highest BCUT2D eigenvalue weighted by Crippen LogP contribution is 2.30.